The minimum Gasteiger partial charge on any atom is -0.497 e. The third-order valence-electron chi connectivity index (χ3n) is 2.24. The van der Waals surface area contributed by atoms with Gasteiger partial charge < -0.3 is 4.74 Å². The van der Waals surface area contributed by atoms with Crippen LogP contribution < -0.4 is 4.74 Å². The monoisotopic (exact) mass is 225 g/mol. The number of halogens is 2. The second-order valence-corrected chi connectivity index (χ2v) is 3.64. The highest BCUT2D eigenvalue weighted by Gasteiger charge is 2.10. The van der Waals surface area contributed by atoms with Crippen LogP contribution in [0, 0.1) is 12.7 Å². The molecule has 0 atom stereocenters. The number of hydrogen-bond donors (Lipinski definition) is 0. The summed E-state index contributed by atoms with van der Waals surface area (Å²) in [6.45, 7) is 1.83. The van der Waals surface area contributed by atoms with E-state index in [9.17, 15) is 4.39 Å². The van der Waals surface area contributed by atoms with Crippen molar-refractivity contribution in [2.45, 2.75) is 6.92 Å². The van der Waals surface area contributed by atoms with E-state index in [-0.39, 0.29) is 5.52 Å². The lowest BCUT2D eigenvalue weighted by molar-refractivity contribution is 0.412. The van der Waals surface area contributed by atoms with Crippen molar-refractivity contribution in [3.8, 4) is 5.75 Å². The molecule has 0 saturated heterocycles. The lowest BCUT2D eigenvalue weighted by Gasteiger charge is -2.06. The maximum Gasteiger partial charge on any atom is 0.153 e. The van der Waals surface area contributed by atoms with Crippen LogP contribution in [0.15, 0.2) is 18.3 Å². The minimum absolute atomic E-state index is 0.270. The van der Waals surface area contributed by atoms with Crippen molar-refractivity contribution in [1.29, 1.82) is 0 Å². The zero-order chi connectivity index (χ0) is 11.0. The molecule has 78 valence electrons. The first kappa shape index (κ1) is 10.2. The van der Waals surface area contributed by atoms with Crippen LogP contribution in [0.3, 0.4) is 0 Å². The van der Waals surface area contributed by atoms with Crippen LogP contribution in [-0.4, -0.2) is 12.1 Å². The van der Waals surface area contributed by atoms with Crippen LogP contribution in [-0.2, 0) is 0 Å². The van der Waals surface area contributed by atoms with E-state index in [0.29, 0.717) is 16.2 Å². The quantitative estimate of drug-likeness (QED) is 0.743. The van der Waals surface area contributed by atoms with Gasteiger partial charge in [-0.3, -0.25) is 4.98 Å². The molecule has 0 fully saturated rings. The summed E-state index contributed by atoms with van der Waals surface area (Å²) in [5, 5.41) is 1.09. The van der Waals surface area contributed by atoms with E-state index in [0.717, 1.165) is 5.56 Å². The Morgan fingerprint density at radius 1 is 1.40 bits per heavy atom. The van der Waals surface area contributed by atoms with Crippen molar-refractivity contribution >= 4 is 22.5 Å². The van der Waals surface area contributed by atoms with Crippen molar-refractivity contribution in [3.05, 3.63) is 34.7 Å². The molecule has 0 aliphatic rings. The lowest BCUT2D eigenvalue weighted by Crippen LogP contribution is -1.91. The van der Waals surface area contributed by atoms with Crippen LogP contribution in [0.25, 0.3) is 10.9 Å². The van der Waals surface area contributed by atoms with Gasteiger partial charge in [0.25, 0.3) is 0 Å². The number of aromatic nitrogens is 1. The van der Waals surface area contributed by atoms with Crippen LogP contribution in [0.5, 0.6) is 5.75 Å². The Kier molecular flexibility index (Phi) is 2.49. The molecule has 1 aromatic carbocycles. The number of aryl methyl sites for hydroxylation is 1. The summed E-state index contributed by atoms with van der Waals surface area (Å²) >= 11 is 6.06. The molecule has 1 aromatic heterocycles. The molecule has 0 amide bonds. The first-order valence-electron chi connectivity index (χ1n) is 4.42. The number of fused-ring (bicyclic) bond motifs is 1. The Bertz CT molecular complexity index is 527. The lowest BCUT2D eigenvalue weighted by atomic mass is 10.1. The molecule has 0 spiro atoms. The second-order valence-electron chi connectivity index (χ2n) is 3.26. The predicted octanol–water partition coefficient (Wildman–Crippen LogP) is 3.34. The molecule has 15 heavy (non-hydrogen) atoms. The smallest absolute Gasteiger partial charge is 0.153 e. The fourth-order valence-electron chi connectivity index (χ4n) is 1.42. The largest absolute Gasteiger partial charge is 0.497 e. The fraction of sp³-hybridized carbons (Fsp3) is 0.182. The van der Waals surface area contributed by atoms with Gasteiger partial charge in [-0.05, 0) is 18.6 Å². The van der Waals surface area contributed by atoms with Crippen molar-refractivity contribution in [3.63, 3.8) is 0 Å². The molecule has 4 heteroatoms. The van der Waals surface area contributed by atoms with Crippen molar-refractivity contribution in [1.82, 2.24) is 4.98 Å². The zero-order valence-electron chi connectivity index (χ0n) is 8.34. The normalized spacial score (nSPS) is 10.7. The Morgan fingerprint density at radius 3 is 2.80 bits per heavy atom. The van der Waals surface area contributed by atoms with Gasteiger partial charge in [0.2, 0.25) is 0 Å². The Labute approximate surface area is 91.6 Å². The van der Waals surface area contributed by atoms with Gasteiger partial charge in [-0.2, -0.15) is 0 Å². The maximum atomic E-state index is 13.5. The van der Waals surface area contributed by atoms with Crippen LogP contribution >= 0.6 is 11.6 Å². The molecule has 0 saturated carbocycles. The average molecular weight is 226 g/mol. The van der Waals surface area contributed by atoms with Crippen molar-refractivity contribution < 1.29 is 9.13 Å². The van der Waals surface area contributed by atoms with Gasteiger partial charge in [0.05, 0.1) is 12.1 Å². The van der Waals surface area contributed by atoms with E-state index < -0.39 is 5.82 Å². The van der Waals surface area contributed by atoms with E-state index in [4.69, 9.17) is 16.3 Å². The third kappa shape index (κ3) is 1.63. The Morgan fingerprint density at radius 2 is 2.13 bits per heavy atom. The first-order valence-corrected chi connectivity index (χ1v) is 4.79. The van der Waals surface area contributed by atoms with E-state index in [1.165, 1.54) is 13.2 Å². The number of benzene rings is 1. The topological polar surface area (TPSA) is 22.1 Å². The van der Waals surface area contributed by atoms with Crippen molar-refractivity contribution in [2.75, 3.05) is 7.11 Å². The summed E-state index contributed by atoms with van der Waals surface area (Å²) in [5.41, 5.74) is 1.09. The molecule has 1 heterocycles. The molecule has 2 aromatic rings. The molecule has 2 nitrogen and oxygen atoms in total. The molecule has 0 radical (unpaired) electrons. The molecular formula is C11H9ClFNO. The first-order chi connectivity index (χ1) is 7.13. The molecule has 0 aliphatic carbocycles. The molecule has 0 bridgehead atoms. The van der Waals surface area contributed by atoms with Gasteiger partial charge in [-0.15, -0.1) is 0 Å². The molecule has 0 N–H and O–H groups in total. The van der Waals surface area contributed by atoms with Crippen LogP contribution in [0.1, 0.15) is 5.56 Å². The SMILES string of the molecule is COc1cc(F)c2ncc(C)c(Cl)c2c1. The number of methoxy groups -OCH3 is 1. The summed E-state index contributed by atoms with van der Waals surface area (Å²) in [4.78, 5) is 4.00. The highest BCUT2D eigenvalue weighted by atomic mass is 35.5. The molecule has 0 aliphatic heterocycles. The van der Waals surface area contributed by atoms with E-state index >= 15 is 0 Å². The predicted molar refractivity (Wildman–Crippen MR) is 58.0 cm³/mol. The highest BCUT2D eigenvalue weighted by molar-refractivity contribution is 6.36. The Hall–Kier alpha value is -1.35. The summed E-state index contributed by atoms with van der Waals surface area (Å²) < 4.78 is 18.5. The highest BCUT2D eigenvalue weighted by Crippen LogP contribution is 2.30. The summed E-state index contributed by atoms with van der Waals surface area (Å²) in [6.07, 6.45) is 1.56. The van der Waals surface area contributed by atoms with Gasteiger partial charge >= 0.3 is 0 Å². The molecule has 2 rings (SSSR count). The summed E-state index contributed by atoms with van der Waals surface area (Å²) in [5.74, 6) is 0.0144. The number of pyridine rings is 1. The van der Waals surface area contributed by atoms with Gasteiger partial charge in [0.15, 0.2) is 5.82 Å². The fourth-order valence-corrected chi connectivity index (χ4v) is 1.61. The Balaban J connectivity index is 2.86. The van der Waals surface area contributed by atoms with Gasteiger partial charge in [-0.25, -0.2) is 4.39 Å². The maximum absolute atomic E-state index is 13.5. The number of hydrogen-bond acceptors (Lipinski definition) is 2. The van der Waals surface area contributed by atoms with Gasteiger partial charge in [-0.1, -0.05) is 11.6 Å². The zero-order valence-corrected chi connectivity index (χ0v) is 9.10. The van der Waals surface area contributed by atoms with Crippen molar-refractivity contribution in [2.24, 2.45) is 0 Å². The summed E-state index contributed by atoms with van der Waals surface area (Å²) in [7, 11) is 1.48. The number of nitrogens with zero attached hydrogens (tertiary/aromatic N) is 1. The third-order valence-corrected chi connectivity index (χ3v) is 2.74. The van der Waals surface area contributed by atoms with E-state index in [1.807, 2.05) is 6.92 Å². The standard InChI is InChI=1S/C11H9ClFNO/c1-6-5-14-11-8(10(6)12)3-7(15-2)4-9(11)13/h3-5H,1-2H3. The van der Waals surface area contributed by atoms with Crippen LogP contribution in [0.4, 0.5) is 4.39 Å². The van der Waals surface area contributed by atoms with Crippen LogP contribution in [0.2, 0.25) is 5.02 Å². The number of ether oxygens (including phenoxy) is 1. The molecule has 0 unspecified atom stereocenters. The van der Waals surface area contributed by atoms with E-state index in [2.05, 4.69) is 4.98 Å². The minimum atomic E-state index is -0.425. The molecular weight excluding hydrogens is 217 g/mol. The summed E-state index contributed by atoms with van der Waals surface area (Å²) in [6, 6.07) is 2.97. The van der Waals surface area contributed by atoms with E-state index in [1.54, 1.807) is 12.3 Å². The average Bonchev–Trinajstić information content (AvgIpc) is 2.23. The van der Waals surface area contributed by atoms with Gasteiger partial charge in [0, 0.05) is 17.6 Å². The second kappa shape index (κ2) is 3.66. The number of rotatable bonds is 1. The van der Waals surface area contributed by atoms with Gasteiger partial charge in [0.1, 0.15) is 11.3 Å².